The summed E-state index contributed by atoms with van der Waals surface area (Å²) >= 11 is 6.12. The van der Waals surface area contributed by atoms with E-state index in [1.54, 1.807) is 18.2 Å². The van der Waals surface area contributed by atoms with Gasteiger partial charge in [0.25, 0.3) is 0 Å². The molecule has 0 aliphatic heterocycles. The molecular weight excluding hydrogens is 272 g/mol. The fourth-order valence-corrected chi connectivity index (χ4v) is 2.67. The molecule has 1 N–H and O–H groups in total. The lowest BCUT2D eigenvalue weighted by Crippen LogP contribution is -2.13. The van der Waals surface area contributed by atoms with E-state index < -0.39 is 0 Å². The molecule has 20 heavy (non-hydrogen) atoms. The third-order valence-corrected chi connectivity index (χ3v) is 3.87. The Morgan fingerprint density at radius 1 is 1.10 bits per heavy atom. The number of rotatable bonds is 1. The van der Waals surface area contributed by atoms with Crippen LogP contribution in [0, 0.1) is 0 Å². The van der Waals surface area contributed by atoms with Crippen LogP contribution in [0.3, 0.4) is 0 Å². The maximum absolute atomic E-state index is 12.5. The smallest absolute Gasteiger partial charge is 0.189 e. The third kappa shape index (κ3) is 2.35. The van der Waals surface area contributed by atoms with Crippen molar-refractivity contribution in [1.82, 2.24) is 0 Å². The van der Waals surface area contributed by atoms with Crippen LogP contribution in [0.2, 0.25) is 5.02 Å². The first-order valence-electron chi connectivity index (χ1n) is 6.47. The standard InChI is InChI=1S/C17H13ClO2/c18-16-4-2-1-3-12(16)9-13-6-5-11-10-14(19)7-8-15(11)17(13)20/h1-4,7-10,19H,5-6H2/b13-9+. The molecule has 0 amide bonds. The molecule has 3 rings (SSSR count). The van der Waals surface area contributed by atoms with Gasteiger partial charge >= 0.3 is 0 Å². The molecule has 0 radical (unpaired) electrons. The largest absolute Gasteiger partial charge is 0.508 e. The van der Waals surface area contributed by atoms with Gasteiger partial charge in [-0.15, -0.1) is 0 Å². The topological polar surface area (TPSA) is 37.3 Å². The molecule has 2 aromatic carbocycles. The Bertz CT molecular complexity index is 717. The number of Topliss-reactive ketones (excluding diaryl/α,β-unsaturated/α-hetero) is 1. The van der Waals surface area contributed by atoms with Gasteiger partial charge in [-0.1, -0.05) is 29.8 Å². The lowest BCUT2D eigenvalue weighted by atomic mass is 9.86. The van der Waals surface area contributed by atoms with Gasteiger partial charge in [-0.3, -0.25) is 4.79 Å². The van der Waals surface area contributed by atoms with E-state index >= 15 is 0 Å². The second kappa shape index (κ2) is 5.14. The quantitative estimate of drug-likeness (QED) is 0.795. The highest BCUT2D eigenvalue weighted by molar-refractivity contribution is 6.32. The van der Waals surface area contributed by atoms with Gasteiger partial charge < -0.3 is 5.11 Å². The van der Waals surface area contributed by atoms with Crippen molar-refractivity contribution < 1.29 is 9.90 Å². The lowest BCUT2D eigenvalue weighted by molar-refractivity contribution is 0.102. The second-order valence-corrected chi connectivity index (χ2v) is 5.27. The molecule has 0 unspecified atom stereocenters. The zero-order chi connectivity index (χ0) is 14.1. The summed E-state index contributed by atoms with van der Waals surface area (Å²) in [6.45, 7) is 0. The number of aromatic hydroxyl groups is 1. The first-order valence-corrected chi connectivity index (χ1v) is 6.84. The van der Waals surface area contributed by atoms with Gasteiger partial charge in [0, 0.05) is 16.2 Å². The van der Waals surface area contributed by atoms with E-state index in [2.05, 4.69) is 0 Å². The highest BCUT2D eigenvalue weighted by Crippen LogP contribution is 2.30. The molecule has 0 atom stereocenters. The minimum Gasteiger partial charge on any atom is -0.508 e. The minimum absolute atomic E-state index is 0.0196. The summed E-state index contributed by atoms with van der Waals surface area (Å²) in [6, 6.07) is 12.4. The Morgan fingerprint density at radius 2 is 1.90 bits per heavy atom. The van der Waals surface area contributed by atoms with Gasteiger partial charge in [0.15, 0.2) is 5.78 Å². The van der Waals surface area contributed by atoms with Crippen molar-refractivity contribution in [3.8, 4) is 5.75 Å². The average Bonchev–Trinajstić information content (AvgIpc) is 2.44. The average molecular weight is 285 g/mol. The molecule has 3 heteroatoms. The molecule has 0 bridgehead atoms. The number of benzene rings is 2. The van der Waals surface area contributed by atoms with Crippen molar-refractivity contribution in [2.24, 2.45) is 0 Å². The van der Waals surface area contributed by atoms with Crippen LogP contribution in [-0.2, 0) is 6.42 Å². The molecule has 0 saturated carbocycles. The second-order valence-electron chi connectivity index (χ2n) is 4.86. The summed E-state index contributed by atoms with van der Waals surface area (Å²) in [5.74, 6) is 0.223. The summed E-state index contributed by atoms with van der Waals surface area (Å²) in [6.07, 6.45) is 3.28. The van der Waals surface area contributed by atoms with Crippen LogP contribution in [0.5, 0.6) is 5.75 Å². The third-order valence-electron chi connectivity index (χ3n) is 3.52. The van der Waals surface area contributed by atoms with Crippen LogP contribution < -0.4 is 0 Å². The van der Waals surface area contributed by atoms with Crippen LogP contribution in [0.4, 0.5) is 0 Å². The Hall–Kier alpha value is -2.06. The molecule has 2 nitrogen and oxygen atoms in total. The summed E-state index contributed by atoms with van der Waals surface area (Å²) in [7, 11) is 0. The molecule has 0 saturated heterocycles. The van der Waals surface area contributed by atoms with Crippen molar-refractivity contribution in [1.29, 1.82) is 0 Å². The van der Waals surface area contributed by atoms with Crippen LogP contribution in [-0.4, -0.2) is 10.9 Å². The van der Waals surface area contributed by atoms with Crippen LogP contribution in [0.25, 0.3) is 6.08 Å². The fraction of sp³-hybridized carbons (Fsp3) is 0.118. The number of hydrogen-bond acceptors (Lipinski definition) is 2. The molecular formula is C17H13ClO2. The summed E-state index contributed by atoms with van der Waals surface area (Å²) in [4.78, 5) is 12.5. The van der Waals surface area contributed by atoms with Gasteiger partial charge in [-0.2, -0.15) is 0 Å². The Balaban J connectivity index is 2.00. The van der Waals surface area contributed by atoms with E-state index in [-0.39, 0.29) is 11.5 Å². The Morgan fingerprint density at radius 3 is 2.70 bits per heavy atom. The fourth-order valence-electron chi connectivity index (χ4n) is 2.48. The monoisotopic (exact) mass is 284 g/mol. The van der Waals surface area contributed by atoms with Crippen molar-refractivity contribution in [2.45, 2.75) is 12.8 Å². The molecule has 0 spiro atoms. The van der Waals surface area contributed by atoms with Crippen molar-refractivity contribution in [2.75, 3.05) is 0 Å². The number of aryl methyl sites for hydroxylation is 1. The van der Waals surface area contributed by atoms with Crippen LogP contribution in [0.15, 0.2) is 48.0 Å². The van der Waals surface area contributed by atoms with Gasteiger partial charge in [0.05, 0.1) is 0 Å². The number of fused-ring (bicyclic) bond motifs is 1. The lowest BCUT2D eigenvalue weighted by Gasteiger charge is -2.17. The molecule has 0 aromatic heterocycles. The maximum atomic E-state index is 12.5. The number of halogens is 1. The van der Waals surface area contributed by atoms with E-state index in [1.165, 1.54) is 0 Å². The maximum Gasteiger partial charge on any atom is 0.189 e. The first-order chi connectivity index (χ1) is 9.65. The summed E-state index contributed by atoms with van der Waals surface area (Å²) in [5, 5.41) is 10.1. The molecule has 1 aliphatic rings. The minimum atomic E-state index is 0.0196. The molecule has 100 valence electrons. The van der Waals surface area contributed by atoms with E-state index in [0.29, 0.717) is 17.0 Å². The Kier molecular flexibility index (Phi) is 3.33. The molecule has 0 fully saturated rings. The first kappa shape index (κ1) is 12.9. The highest BCUT2D eigenvalue weighted by Gasteiger charge is 2.22. The van der Waals surface area contributed by atoms with Crippen molar-refractivity contribution in [3.63, 3.8) is 0 Å². The van der Waals surface area contributed by atoms with E-state index in [0.717, 1.165) is 23.1 Å². The van der Waals surface area contributed by atoms with Crippen LogP contribution >= 0.6 is 11.6 Å². The van der Waals surface area contributed by atoms with Gasteiger partial charge in [0.2, 0.25) is 0 Å². The predicted molar refractivity (Wildman–Crippen MR) is 80.2 cm³/mol. The van der Waals surface area contributed by atoms with Gasteiger partial charge in [-0.05, 0) is 54.3 Å². The van der Waals surface area contributed by atoms with Crippen LogP contribution in [0.1, 0.15) is 27.9 Å². The molecule has 1 aliphatic carbocycles. The zero-order valence-electron chi connectivity index (χ0n) is 10.8. The van der Waals surface area contributed by atoms with E-state index in [4.69, 9.17) is 11.6 Å². The Labute approximate surface area is 122 Å². The number of allylic oxidation sites excluding steroid dienone is 1. The number of carbonyl (C=O) groups is 1. The SMILES string of the molecule is O=C1/C(=C/c2ccccc2Cl)CCc2cc(O)ccc21. The summed E-state index contributed by atoms with van der Waals surface area (Å²) < 4.78 is 0. The van der Waals surface area contributed by atoms with E-state index in [1.807, 2.05) is 30.3 Å². The highest BCUT2D eigenvalue weighted by atomic mass is 35.5. The number of carbonyl (C=O) groups excluding carboxylic acids is 1. The number of hydrogen-bond donors (Lipinski definition) is 1. The number of phenols is 1. The van der Waals surface area contributed by atoms with Crippen molar-refractivity contribution >= 4 is 23.5 Å². The van der Waals surface area contributed by atoms with Gasteiger partial charge in [-0.25, -0.2) is 0 Å². The van der Waals surface area contributed by atoms with E-state index in [9.17, 15) is 9.90 Å². The zero-order valence-corrected chi connectivity index (χ0v) is 11.5. The number of phenolic OH excluding ortho intramolecular Hbond substituents is 1. The normalized spacial score (nSPS) is 16.2. The van der Waals surface area contributed by atoms with Crippen molar-refractivity contribution in [3.05, 3.63) is 69.8 Å². The molecule has 0 heterocycles. The van der Waals surface area contributed by atoms with Gasteiger partial charge in [0.1, 0.15) is 5.75 Å². The predicted octanol–water partition coefficient (Wildman–Crippen LogP) is 4.26. The molecule has 2 aromatic rings. The number of ketones is 1. The summed E-state index contributed by atoms with van der Waals surface area (Å²) in [5.41, 5.74) is 3.20.